The second-order valence-corrected chi connectivity index (χ2v) is 6.42. The summed E-state index contributed by atoms with van der Waals surface area (Å²) in [6.07, 6.45) is 3.77. The number of hydrogen-bond donors (Lipinski definition) is 3. The normalized spacial score (nSPS) is 19.6. The van der Waals surface area contributed by atoms with Gasteiger partial charge in [-0.15, -0.1) is 0 Å². The average Bonchev–Trinajstić information content (AvgIpc) is 3.24. The molecule has 132 valence electrons. The van der Waals surface area contributed by atoms with Crippen molar-refractivity contribution in [2.24, 2.45) is 13.0 Å². The molecule has 1 fully saturated rings. The number of amides is 2. The van der Waals surface area contributed by atoms with Crippen LogP contribution in [0.25, 0.3) is 0 Å². The molecule has 2 heterocycles. The summed E-state index contributed by atoms with van der Waals surface area (Å²) < 4.78 is 1.75. The van der Waals surface area contributed by atoms with Crippen LogP contribution >= 0.6 is 0 Å². The summed E-state index contributed by atoms with van der Waals surface area (Å²) in [6, 6.07) is 5.30. The number of aryl methyl sites for hydroxylation is 2. The van der Waals surface area contributed by atoms with Gasteiger partial charge in [-0.3, -0.25) is 14.3 Å². The number of benzene rings is 1. The van der Waals surface area contributed by atoms with Gasteiger partial charge in [-0.2, -0.15) is 5.10 Å². The van der Waals surface area contributed by atoms with Crippen LogP contribution < -0.4 is 16.0 Å². The van der Waals surface area contributed by atoms with E-state index < -0.39 is 0 Å². The Hall–Kier alpha value is -2.67. The predicted octanol–water partition coefficient (Wildman–Crippen LogP) is 1.03. The topological polar surface area (TPSA) is 88.1 Å². The van der Waals surface area contributed by atoms with Crippen molar-refractivity contribution >= 4 is 17.5 Å². The highest BCUT2D eigenvalue weighted by Crippen LogP contribution is 2.29. The average molecular weight is 341 g/mol. The number of hydrogen-bond acceptors (Lipinski definition) is 4. The minimum absolute atomic E-state index is 0.0454. The van der Waals surface area contributed by atoms with Crippen molar-refractivity contribution in [3.63, 3.8) is 0 Å². The van der Waals surface area contributed by atoms with Crippen molar-refractivity contribution in [3.8, 4) is 0 Å². The van der Waals surface area contributed by atoms with E-state index in [9.17, 15) is 9.59 Å². The molecule has 0 radical (unpaired) electrons. The molecule has 2 atom stereocenters. The van der Waals surface area contributed by atoms with Gasteiger partial charge in [-0.05, 0) is 30.2 Å². The molecule has 0 aliphatic carbocycles. The highest BCUT2D eigenvalue weighted by atomic mass is 16.2. The van der Waals surface area contributed by atoms with Gasteiger partial charge in [-0.25, -0.2) is 0 Å². The van der Waals surface area contributed by atoms with E-state index in [0.29, 0.717) is 17.8 Å². The van der Waals surface area contributed by atoms with Crippen LogP contribution in [0.3, 0.4) is 0 Å². The SMILES string of the molecule is CNC(=O)c1ccc(C)c(NC(=O)[C@H]2CNC[C@@H]2c2cnn(C)c2)c1. The van der Waals surface area contributed by atoms with E-state index in [1.54, 1.807) is 23.9 Å². The first kappa shape index (κ1) is 17.2. The highest BCUT2D eigenvalue weighted by Gasteiger charge is 2.34. The molecule has 0 bridgehead atoms. The molecule has 0 unspecified atom stereocenters. The summed E-state index contributed by atoms with van der Waals surface area (Å²) in [6.45, 7) is 3.29. The molecule has 25 heavy (non-hydrogen) atoms. The predicted molar refractivity (Wildman–Crippen MR) is 95.5 cm³/mol. The lowest BCUT2D eigenvalue weighted by Gasteiger charge is -2.18. The summed E-state index contributed by atoms with van der Waals surface area (Å²) in [5.74, 6) is -0.300. The number of carbonyl (C=O) groups excluding carboxylic acids is 2. The summed E-state index contributed by atoms with van der Waals surface area (Å²) in [4.78, 5) is 24.6. The fourth-order valence-electron chi connectivity index (χ4n) is 3.20. The Morgan fingerprint density at radius 1 is 1.32 bits per heavy atom. The molecule has 1 saturated heterocycles. The molecule has 3 N–H and O–H groups in total. The molecule has 0 spiro atoms. The fourth-order valence-corrected chi connectivity index (χ4v) is 3.20. The second-order valence-electron chi connectivity index (χ2n) is 6.42. The Morgan fingerprint density at radius 3 is 2.80 bits per heavy atom. The van der Waals surface area contributed by atoms with Crippen molar-refractivity contribution in [3.05, 3.63) is 47.3 Å². The molecular formula is C18H23N5O2. The van der Waals surface area contributed by atoms with Gasteiger partial charge >= 0.3 is 0 Å². The largest absolute Gasteiger partial charge is 0.355 e. The van der Waals surface area contributed by atoms with E-state index in [1.807, 2.05) is 32.4 Å². The van der Waals surface area contributed by atoms with E-state index in [1.165, 1.54) is 0 Å². The van der Waals surface area contributed by atoms with Gasteiger partial charge in [0.05, 0.1) is 12.1 Å². The molecular weight excluding hydrogens is 318 g/mol. The maximum absolute atomic E-state index is 12.8. The Kier molecular flexibility index (Phi) is 4.85. The third-order valence-electron chi connectivity index (χ3n) is 4.69. The van der Waals surface area contributed by atoms with E-state index in [-0.39, 0.29) is 23.7 Å². The zero-order valence-electron chi connectivity index (χ0n) is 14.7. The highest BCUT2D eigenvalue weighted by molar-refractivity contribution is 5.98. The van der Waals surface area contributed by atoms with Crippen LogP contribution in [0.2, 0.25) is 0 Å². The van der Waals surface area contributed by atoms with Crippen molar-refractivity contribution in [2.45, 2.75) is 12.8 Å². The summed E-state index contributed by atoms with van der Waals surface area (Å²) in [7, 11) is 3.46. The summed E-state index contributed by atoms with van der Waals surface area (Å²) in [5.41, 5.74) is 3.17. The Labute approximate surface area is 146 Å². The molecule has 0 saturated carbocycles. The van der Waals surface area contributed by atoms with Crippen molar-refractivity contribution in [2.75, 3.05) is 25.5 Å². The quantitative estimate of drug-likeness (QED) is 0.775. The molecule has 1 aromatic carbocycles. The van der Waals surface area contributed by atoms with Gasteiger partial charge in [0.2, 0.25) is 5.91 Å². The lowest BCUT2D eigenvalue weighted by Crippen LogP contribution is -2.28. The number of carbonyl (C=O) groups is 2. The van der Waals surface area contributed by atoms with Gasteiger partial charge in [0, 0.05) is 50.6 Å². The van der Waals surface area contributed by atoms with Crippen molar-refractivity contribution in [1.82, 2.24) is 20.4 Å². The van der Waals surface area contributed by atoms with Gasteiger partial charge in [0.1, 0.15) is 0 Å². The maximum Gasteiger partial charge on any atom is 0.251 e. The summed E-state index contributed by atoms with van der Waals surface area (Å²) in [5, 5.41) is 13.1. The number of nitrogens with one attached hydrogen (secondary N) is 3. The number of anilines is 1. The van der Waals surface area contributed by atoms with E-state index in [2.05, 4.69) is 21.0 Å². The second kappa shape index (κ2) is 7.06. The van der Waals surface area contributed by atoms with Gasteiger partial charge in [-0.1, -0.05) is 6.07 Å². The van der Waals surface area contributed by atoms with Crippen LogP contribution in [0.15, 0.2) is 30.6 Å². The van der Waals surface area contributed by atoms with Gasteiger partial charge in [0.15, 0.2) is 0 Å². The zero-order valence-corrected chi connectivity index (χ0v) is 14.7. The van der Waals surface area contributed by atoms with Gasteiger partial charge < -0.3 is 16.0 Å². The van der Waals surface area contributed by atoms with E-state index >= 15 is 0 Å². The van der Waals surface area contributed by atoms with Crippen LogP contribution in [0, 0.1) is 12.8 Å². The Balaban J connectivity index is 1.78. The van der Waals surface area contributed by atoms with Crippen LogP contribution in [-0.4, -0.2) is 41.7 Å². The van der Waals surface area contributed by atoms with E-state index in [0.717, 1.165) is 17.7 Å². The van der Waals surface area contributed by atoms with Crippen LogP contribution in [0.4, 0.5) is 5.69 Å². The van der Waals surface area contributed by atoms with Crippen LogP contribution in [0.5, 0.6) is 0 Å². The first-order valence-corrected chi connectivity index (χ1v) is 8.32. The van der Waals surface area contributed by atoms with Gasteiger partial charge in [0.25, 0.3) is 5.91 Å². The maximum atomic E-state index is 12.8. The molecule has 1 aliphatic rings. The molecule has 7 nitrogen and oxygen atoms in total. The Bertz CT molecular complexity index is 799. The third-order valence-corrected chi connectivity index (χ3v) is 4.69. The smallest absolute Gasteiger partial charge is 0.251 e. The zero-order chi connectivity index (χ0) is 18.0. The number of aromatic nitrogens is 2. The minimum atomic E-state index is -0.175. The first-order chi connectivity index (χ1) is 12.0. The first-order valence-electron chi connectivity index (χ1n) is 8.32. The molecule has 2 aromatic rings. The fraction of sp³-hybridized carbons (Fsp3) is 0.389. The van der Waals surface area contributed by atoms with Crippen LogP contribution in [0.1, 0.15) is 27.4 Å². The van der Waals surface area contributed by atoms with Crippen molar-refractivity contribution in [1.29, 1.82) is 0 Å². The lowest BCUT2D eigenvalue weighted by molar-refractivity contribution is -0.119. The number of nitrogens with zero attached hydrogens (tertiary/aromatic N) is 2. The van der Waals surface area contributed by atoms with Crippen molar-refractivity contribution < 1.29 is 9.59 Å². The monoisotopic (exact) mass is 341 g/mol. The molecule has 1 aromatic heterocycles. The van der Waals surface area contributed by atoms with E-state index in [4.69, 9.17) is 0 Å². The molecule has 1 aliphatic heterocycles. The third kappa shape index (κ3) is 3.56. The Morgan fingerprint density at radius 2 is 2.12 bits per heavy atom. The minimum Gasteiger partial charge on any atom is -0.355 e. The standard InChI is InChI=1S/C18H23N5O2/c1-11-4-5-12(17(24)19-2)6-16(11)22-18(25)15-9-20-8-14(15)13-7-21-23(3)10-13/h4-7,10,14-15,20H,8-9H2,1-3H3,(H,19,24)(H,22,25)/t14-,15+/m1/s1. The summed E-state index contributed by atoms with van der Waals surface area (Å²) >= 11 is 0. The lowest BCUT2D eigenvalue weighted by atomic mass is 9.90. The molecule has 7 heteroatoms. The molecule has 2 amide bonds. The number of rotatable bonds is 4. The van der Waals surface area contributed by atoms with Crippen LogP contribution in [-0.2, 0) is 11.8 Å². The molecule has 3 rings (SSSR count).